The van der Waals surface area contributed by atoms with E-state index in [1.54, 1.807) is 29.3 Å². The number of hydrogen-bond donors (Lipinski definition) is 1. The number of hydrogen-bond acceptors (Lipinski definition) is 6. The first-order chi connectivity index (χ1) is 9.66. The summed E-state index contributed by atoms with van der Waals surface area (Å²) < 4.78 is 5.85. The number of methoxy groups -OCH3 is 1. The molecule has 106 valence electrons. The predicted molar refractivity (Wildman–Crippen MR) is 81.8 cm³/mol. The Morgan fingerprint density at radius 3 is 2.80 bits per heavy atom. The Balaban J connectivity index is 2.09. The van der Waals surface area contributed by atoms with Gasteiger partial charge in [-0.05, 0) is 12.0 Å². The minimum atomic E-state index is -1.11. The first-order valence-electron chi connectivity index (χ1n) is 6.12. The first kappa shape index (κ1) is 15.0. The third-order valence-electron chi connectivity index (χ3n) is 2.97. The lowest BCUT2D eigenvalue weighted by molar-refractivity contribution is -0.147. The molecule has 0 radical (unpaired) electrons. The quantitative estimate of drug-likeness (QED) is 0.656. The second-order valence-electron chi connectivity index (χ2n) is 4.23. The summed E-state index contributed by atoms with van der Waals surface area (Å²) in [5.41, 5.74) is 5.97. The van der Waals surface area contributed by atoms with E-state index in [0.29, 0.717) is 12.2 Å². The van der Waals surface area contributed by atoms with E-state index in [0.717, 1.165) is 9.90 Å². The summed E-state index contributed by atoms with van der Waals surface area (Å²) in [5, 5.41) is 1.93. The fourth-order valence-electron chi connectivity index (χ4n) is 1.86. The van der Waals surface area contributed by atoms with Gasteiger partial charge in [-0.2, -0.15) is 0 Å². The number of aromatic nitrogens is 1. The summed E-state index contributed by atoms with van der Waals surface area (Å²) in [6, 6.07) is 9.34. The molecule has 0 bridgehead atoms. The van der Waals surface area contributed by atoms with Crippen molar-refractivity contribution in [3.8, 4) is 0 Å². The Bertz CT molecular complexity index is 546. The molecule has 0 amide bonds. The minimum absolute atomic E-state index is 0.413. The van der Waals surface area contributed by atoms with Gasteiger partial charge in [0.2, 0.25) is 0 Å². The number of thiazole rings is 1. The van der Waals surface area contributed by atoms with E-state index in [1.165, 1.54) is 7.11 Å². The fourth-order valence-corrected chi connectivity index (χ4v) is 3.65. The van der Waals surface area contributed by atoms with Gasteiger partial charge in [0.25, 0.3) is 0 Å². The Hall–Kier alpha value is -1.37. The molecule has 2 aromatic rings. The van der Waals surface area contributed by atoms with E-state index in [-0.39, 0.29) is 0 Å². The van der Waals surface area contributed by atoms with Gasteiger partial charge in [0.05, 0.1) is 7.11 Å². The summed E-state index contributed by atoms with van der Waals surface area (Å²) in [6.45, 7) is 0. The van der Waals surface area contributed by atoms with E-state index < -0.39 is 11.5 Å². The molecule has 1 unspecified atom stereocenters. The van der Waals surface area contributed by atoms with Crippen LogP contribution >= 0.6 is 23.1 Å². The van der Waals surface area contributed by atoms with Gasteiger partial charge in [0.1, 0.15) is 9.88 Å². The number of rotatable bonds is 6. The number of carbonyl (C=O) groups excluding carboxylic acids is 1. The van der Waals surface area contributed by atoms with Gasteiger partial charge in [0.15, 0.2) is 0 Å². The normalized spacial score (nSPS) is 13.7. The van der Waals surface area contributed by atoms with Crippen LogP contribution in [0.25, 0.3) is 0 Å². The Morgan fingerprint density at radius 1 is 1.45 bits per heavy atom. The van der Waals surface area contributed by atoms with E-state index in [9.17, 15) is 4.79 Å². The average molecular weight is 308 g/mol. The fraction of sp³-hybridized carbons (Fsp3) is 0.286. The second-order valence-corrected chi connectivity index (χ2v) is 6.46. The van der Waals surface area contributed by atoms with E-state index in [2.05, 4.69) is 4.98 Å². The van der Waals surface area contributed by atoms with Crippen LogP contribution < -0.4 is 5.73 Å². The molecule has 0 aliphatic heterocycles. The topological polar surface area (TPSA) is 65.2 Å². The number of thioether (sulfide) groups is 1. The smallest absolute Gasteiger partial charge is 0.330 e. The van der Waals surface area contributed by atoms with Crippen LogP contribution in [0.3, 0.4) is 0 Å². The van der Waals surface area contributed by atoms with Crippen LogP contribution in [0.4, 0.5) is 0 Å². The molecule has 1 aromatic heterocycles. The molecule has 4 nitrogen and oxygen atoms in total. The predicted octanol–water partition coefficient (Wildman–Crippen LogP) is 2.65. The SMILES string of the molecule is COC(=O)C(N)(CCSc1nccs1)c1ccccc1. The van der Waals surface area contributed by atoms with Gasteiger partial charge in [-0.15, -0.1) is 11.3 Å². The van der Waals surface area contributed by atoms with Crippen LogP contribution in [0, 0.1) is 0 Å². The highest BCUT2D eigenvalue weighted by Gasteiger charge is 2.36. The molecule has 20 heavy (non-hydrogen) atoms. The highest BCUT2D eigenvalue weighted by atomic mass is 32.2. The summed E-state index contributed by atoms with van der Waals surface area (Å²) in [6.07, 6.45) is 2.26. The number of nitrogens with two attached hydrogens (primary N) is 1. The zero-order valence-corrected chi connectivity index (χ0v) is 12.7. The lowest BCUT2D eigenvalue weighted by Gasteiger charge is -2.26. The molecule has 0 spiro atoms. The summed E-state index contributed by atoms with van der Waals surface area (Å²) in [5.74, 6) is 0.289. The lowest BCUT2D eigenvalue weighted by Crippen LogP contribution is -2.46. The van der Waals surface area contributed by atoms with Crippen molar-refractivity contribution in [3.05, 3.63) is 47.5 Å². The first-order valence-corrected chi connectivity index (χ1v) is 7.98. The standard InChI is InChI=1S/C14H16N2O2S2/c1-18-12(17)14(15,11-5-3-2-4-6-11)7-9-19-13-16-8-10-20-13/h2-6,8,10H,7,9,15H2,1H3. The third kappa shape index (κ3) is 3.39. The maximum absolute atomic E-state index is 12.1. The van der Waals surface area contributed by atoms with Crippen LogP contribution in [-0.4, -0.2) is 23.8 Å². The van der Waals surface area contributed by atoms with Crippen molar-refractivity contribution in [3.63, 3.8) is 0 Å². The molecule has 0 aliphatic rings. The van der Waals surface area contributed by atoms with Gasteiger partial charge in [-0.1, -0.05) is 42.1 Å². The van der Waals surface area contributed by atoms with E-state index in [1.807, 2.05) is 35.7 Å². The third-order valence-corrected chi connectivity index (χ3v) is 4.94. The molecule has 0 fully saturated rings. The maximum Gasteiger partial charge on any atom is 0.330 e. The van der Waals surface area contributed by atoms with Gasteiger partial charge >= 0.3 is 5.97 Å². The van der Waals surface area contributed by atoms with Crippen LogP contribution in [-0.2, 0) is 15.1 Å². The van der Waals surface area contributed by atoms with Crippen molar-refractivity contribution in [2.24, 2.45) is 5.73 Å². The molecule has 6 heteroatoms. The number of carbonyl (C=O) groups is 1. The van der Waals surface area contributed by atoms with Gasteiger partial charge in [-0.3, -0.25) is 0 Å². The van der Waals surface area contributed by atoms with Crippen molar-refractivity contribution >= 4 is 29.1 Å². The Morgan fingerprint density at radius 2 is 2.20 bits per heavy atom. The minimum Gasteiger partial charge on any atom is -0.467 e. The summed E-state index contributed by atoms with van der Waals surface area (Å²) in [7, 11) is 1.36. The van der Waals surface area contributed by atoms with E-state index in [4.69, 9.17) is 10.5 Å². The average Bonchev–Trinajstić information content (AvgIpc) is 3.00. The van der Waals surface area contributed by atoms with Crippen molar-refractivity contribution in [2.75, 3.05) is 12.9 Å². The highest BCUT2D eigenvalue weighted by Crippen LogP contribution is 2.28. The van der Waals surface area contributed by atoms with Crippen LogP contribution in [0.2, 0.25) is 0 Å². The number of benzene rings is 1. The Labute approximate surface area is 126 Å². The van der Waals surface area contributed by atoms with Gasteiger partial charge in [0, 0.05) is 17.3 Å². The molecule has 2 N–H and O–H groups in total. The molecule has 1 heterocycles. The van der Waals surface area contributed by atoms with Crippen LogP contribution in [0.1, 0.15) is 12.0 Å². The molecule has 1 atom stereocenters. The summed E-state index contributed by atoms with van der Waals surface area (Å²) >= 11 is 3.17. The molecule has 0 saturated heterocycles. The molecule has 0 aliphatic carbocycles. The monoisotopic (exact) mass is 308 g/mol. The molecule has 0 saturated carbocycles. The zero-order chi connectivity index (χ0) is 14.4. The lowest BCUT2D eigenvalue weighted by atomic mass is 9.88. The molecular formula is C14H16N2O2S2. The molecule has 1 aromatic carbocycles. The number of nitrogens with zero attached hydrogens (tertiary/aromatic N) is 1. The summed E-state index contributed by atoms with van der Waals surface area (Å²) in [4.78, 5) is 16.3. The maximum atomic E-state index is 12.1. The second kappa shape index (κ2) is 6.88. The van der Waals surface area contributed by atoms with Gasteiger partial charge < -0.3 is 10.5 Å². The molecular weight excluding hydrogens is 292 g/mol. The largest absolute Gasteiger partial charge is 0.467 e. The van der Waals surface area contributed by atoms with Crippen molar-refractivity contribution < 1.29 is 9.53 Å². The van der Waals surface area contributed by atoms with Crippen molar-refractivity contribution in [1.29, 1.82) is 0 Å². The van der Waals surface area contributed by atoms with Crippen LogP contribution in [0.15, 0.2) is 46.2 Å². The molecule has 2 rings (SSSR count). The van der Waals surface area contributed by atoms with Crippen LogP contribution in [0.5, 0.6) is 0 Å². The van der Waals surface area contributed by atoms with E-state index >= 15 is 0 Å². The number of ether oxygens (including phenoxy) is 1. The number of esters is 1. The van der Waals surface area contributed by atoms with Crippen molar-refractivity contribution in [2.45, 2.75) is 16.3 Å². The van der Waals surface area contributed by atoms with Gasteiger partial charge in [-0.25, -0.2) is 9.78 Å². The zero-order valence-electron chi connectivity index (χ0n) is 11.1. The highest BCUT2D eigenvalue weighted by molar-refractivity contribution is 8.00. The Kier molecular flexibility index (Phi) is 5.17. The van der Waals surface area contributed by atoms with Crippen molar-refractivity contribution in [1.82, 2.24) is 4.98 Å².